The molecule has 0 amide bonds. The molecule has 0 heterocycles. The number of ether oxygens (including phenoxy) is 3. The zero-order chi connectivity index (χ0) is 57.1. The van der Waals surface area contributed by atoms with Crippen LogP contribution in [0.5, 0.6) is 0 Å². The Morgan fingerprint density at radius 2 is 0.494 bits per heavy atom. The van der Waals surface area contributed by atoms with E-state index in [1.54, 1.807) is 0 Å². The third-order valence-electron chi connectivity index (χ3n) is 12.7. The number of carbonyl (C=O) groups excluding carboxylic acids is 3. The monoisotopic (exact) mass is 1090 g/mol. The van der Waals surface area contributed by atoms with E-state index in [4.69, 9.17) is 14.2 Å². The van der Waals surface area contributed by atoms with Crippen LogP contribution in [0.3, 0.4) is 0 Å². The molecule has 1 unspecified atom stereocenters. The molecule has 0 aromatic carbocycles. The summed E-state index contributed by atoms with van der Waals surface area (Å²) in [6, 6.07) is 0. The molecule has 0 spiro atoms. The summed E-state index contributed by atoms with van der Waals surface area (Å²) in [5.41, 5.74) is 0. The zero-order valence-corrected chi connectivity index (χ0v) is 50.6. The quantitative estimate of drug-likeness (QED) is 0.0261. The van der Waals surface area contributed by atoms with E-state index in [0.717, 1.165) is 205 Å². The van der Waals surface area contributed by atoms with Crippen molar-refractivity contribution in [3.63, 3.8) is 0 Å². The van der Waals surface area contributed by atoms with Gasteiger partial charge in [0.05, 0.1) is 0 Å². The van der Waals surface area contributed by atoms with Crippen molar-refractivity contribution in [3.05, 3.63) is 170 Å². The van der Waals surface area contributed by atoms with Gasteiger partial charge < -0.3 is 14.2 Å². The van der Waals surface area contributed by atoms with Gasteiger partial charge in [-0.3, -0.25) is 14.4 Å². The molecule has 0 saturated carbocycles. The van der Waals surface area contributed by atoms with Crippen LogP contribution >= 0.6 is 0 Å². The summed E-state index contributed by atoms with van der Waals surface area (Å²) >= 11 is 0. The first-order valence-corrected chi connectivity index (χ1v) is 31.6. The summed E-state index contributed by atoms with van der Waals surface area (Å²) in [7, 11) is 0. The van der Waals surface area contributed by atoms with E-state index in [9.17, 15) is 14.4 Å². The fourth-order valence-corrected chi connectivity index (χ4v) is 8.02. The highest BCUT2D eigenvalue weighted by Crippen LogP contribution is 2.13. The van der Waals surface area contributed by atoms with E-state index in [1.165, 1.54) is 6.42 Å². The first-order chi connectivity index (χ1) is 39.0. The summed E-state index contributed by atoms with van der Waals surface area (Å²) in [5, 5.41) is 0. The van der Waals surface area contributed by atoms with Crippen molar-refractivity contribution in [1.82, 2.24) is 0 Å². The maximum Gasteiger partial charge on any atom is 0.306 e. The molecule has 79 heavy (non-hydrogen) atoms. The summed E-state index contributed by atoms with van der Waals surface area (Å²) in [6.45, 7) is 6.29. The van der Waals surface area contributed by atoms with E-state index in [0.29, 0.717) is 19.3 Å². The van der Waals surface area contributed by atoms with Gasteiger partial charge in [-0.25, -0.2) is 0 Å². The van der Waals surface area contributed by atoms with Crippen LogP contribution in [0.4, 0.5) is 0 Å². The van der Waals surface area contributed by atoms with Crippen molar-refractivity contribution in [2.45, 2.75) is 258 Å². The molecule has 0 radical (unpaired) electrons. The van der Waals surface area contributed by atoms with Crippen molar-refractivity contribution in [1.29, 1.82) is 0 Å². The number of unbranched alkanes of at least 4 members (excludes halogenated alkanes) is 16. The lowest BCUT2D eigenvalue weighted by molar-refractivity contribution is -0.167. The van der Waals surface area contributed by atoms with Crippen LogP contribution in [-0.4, -0.2) is 37.2 Å². The lowest BCUT2D eigenvalue weighted by Crippen LogP contribution is -2.30. The second kappa shape index (κ2) is 65.3. The molecule has 6 nitrogen and oxygen atoms in total. The van der Waals surface area contributed by atoms with E-state index in [2.05, 4.69) is 191 Å². The summed E-state index contributed by atoms with van der Waals surface area (Å²) in [5.74, 6) is -0.963. The Hall–Kier alpha value is -5.23. The van der Waals surface area contributed by atoms with Gasteiger partial charge in [-0.1, -0.05) is 255 Å². The lowest BCUT2D eigenvalue weighted by Gasteiger charge is -2.18. The fraction of sp³-hybridized carbons (Fsp3) is 0.575. The van der Waals surface area contributed by atoms with Gasteiger partial charge in [-0.2, -0.15) is 0 Å². The Kier molecular flexibility index (Phi) is 61.0. The van der Waals surface area contributed by atoms with Crippen LogP contribution in [-0.2, 0) is 28.6 Å². The number of carbonyl (C=O) groups is 3. The predicted octanol–water partition coefficient (Wildman–Crippen LogP) is 21.9. The Morgan fingerprint density at radius 3 is 0.772 bits per heavy atom. The number of allylic oxidation sites excluding steroid dienone is 28. The van der Waals surface area contributed by atoms with Crippen LogP contribution in [0.1, 0.15) is 252 Å². The SMILES string of the molecule is CC/C=C\C/C=C\C/C=C\C/C=C\C/C=C\C/C=C\C/C=C\C/C=C\C/C=C\CCCCCCCC(=O)OCC(COC(=O)CCCCCCC/C=C\C/C=C\CCC)OC(=O)CCCCCCC/C=C\C/C=C\C/C=C\CC. The Balaban J connectivity index is 4.36. The minimum absolute atomic E-state index is 0.106. The van der Waals surface area contributed by atoms with Crippen LogP contribution in [0.2, 0.25) is 0 Å². The topological polar surface area (TPSA) is 78.9 Å². The van der Waals surface area contributed by atoms with Gasteiger partial charge in [0, 0.05) is 19.3 Å². The summed E-state index contributed by atoms with van der Waals surface area (Å²) < 4.78 is 16.8. The third kappa shape index (κ3) is 63.5. The van der Waals surface area contributed by atoms with Gasteiger partial charge in [0.25, 0.3) is 0 Å². The normalized spacial score (nSPS) is 13.3. The molecule has 0 rings (SSSR count). The second-order valence-electron chi connectivity index (χ2n) is 20.2. The molecule has 0 aliphatic heterocycles. The third-order valence-corrected chi connectivity index (χ3v) is 12.7. The first kappa shape index (κ1) is 73.8. The number of esters is 3. The largest absolute Gasteiger partial charge is 0.462 e. The molecule has 0 bridgehead atoms. The molecular formula is C73H114O6. The van der Waals surface area contributed by atoms with Crippen molar-refractivity contribution in [2.24, 2.45) is 0 Å². The van der Waals surface area contributed by atoms with Gasteiger partial charge in [-0.15, -0.1) is 0 Å². The Morgan fingerprint density at radius 1 is 0.266 bits per heavy atom. The highest BCUT2D eigenvalue weighted by Gasteiger charge is 2.19. The number of hydrogen-bond acceptors (Lipinski definition) is 6. The molecule has 0 saturated heterocycles. The van der Waals surface area contributed by atoms with E-state index >= 15 is 0 Å². The van der Waals surface area contributed by atoms with E-state index in [1.807, 2.05) is 0 Å². The smallest absolute Gasteiger partial charge is 0.306 e. The highest BCUT2D eigenvalue weighted by molar-refractivity contribution is 5.71. The van der Waals surface area contributed by atoms with Crippen molar-refractivity contribution in [3.8, 4) is 0 Å². The van der Waals surface area contributed by atoms with Crippen molar-refractivity contribution < 1.29 is 28.6 Å². The summed E-state index contributed by atoms with van der Waals surface area (Å²) in [4.78, 5) is 38.2. The highest BCUT2D eigenvalue weighted by atomic mass is 16.6. The summed E-state index contributed by atoms with van der Waals surface area (Å²) in [6.07, 6.45) is 96.4. The van der Waals surface area contributed by atoms with E-state index < -0.39 is 6.10 Å². The Labute approximate surface area is 485 Å². The predicted molar refractivity (Wildman–Crippen MR) is 343 cm³/mol. The number of hydrogen-bond donors (Lipinski definition) is 0. The lowest BCUT2D eigenvalue weighted by atomic mass is 10.1. The molecule has 0 aromatic rings. The number of rotatable bonds is 55. The van der Waals surface area contributed by atoms with Crippen LogP contribution in [0.15, 0.2) is 170 Å². The maximum absolute atomic E-state index is 12.9. The zero-order valence-electron chi connectivity index (χ0n) is 50.6. The first-order valence-electron chi connectivity index (χ1n) is 31.6. The Bertz CT molecular complexity index is 1820. The molecule has 442 valence electrons. The molecule has 0 aromatic heterocycles. The minimum Gasteiger partial charge on any atom is -0.462 e. The van der Waals surface area contributed by atoms with Gasteiger partial charge >= 0.3 is 17.9 Å². The van der Waals surface area contributed by atoms with Crippen molar-refractivity contribution in [2.75, 3.05) is 13.2 Å². The molecule has 0 aliphatic rings. The standard InChI is InChI=1S/C73H114O6/c1-4-7-10-13-16-19-22-25-27-28-29-30-31-32-33-34-35-36-37-38-39-40-41-42-43-44-46-48-51-54-57-60-63-66-72(75)78-69-70(68-77-71(74)65-62-59-56-53-50-47-24-21-18-15-12-9-6-3)79-73(76)67-64-61-58-55-52-49-45-26-23-20-17-14-11-8-5-2/h7-8,10-12,15-17,19-21,24-27,29-30,32-33,35-36,38-39,41-42,44-46,70H,4-6,9,13-14,18,22-23,28,31,34,37,40,43,47-69H2,1-3H3/b10-7-,11-8-,15-12-,19-16-,20-17-,24-21-,27-25-,30-29-,33-32-,36-35-,39-38-,42-41-,45-26-,46-44-. The molecule has 6 heteroatoms. The van der Waals surface area contributed by atoms with Crippen LogP contribution in [0, 0.1) is 0 Å². The van der Waals surface area contributed by atoms with Gasteiger partial charge in [0.1, 0.15) is 13.2 Å². The fourth-order valence-electron chi connectivity index (χ4n) is 8.02. The molecular weight excluding hydrogens is 973 g/mol. The molecule has 0 aliphatic carbocycles. The van der Waals surface area contributed by atoms with Gasteiger partial charge in [-0.05, 0) is 148 Å². The molecule has 0 N–H and O–H groups in total. The molecule has 0 fully saturated rings. The second-order valence-corrected chi connectivity index (χ2v) is 20.2. The van der Waals surface area contributed by atoms with E-state index in [-0.39, 0.29) is 31.1 Å². The maximum atomic E-state index is 12.9. The van der Waals surface area contributed by atoms with Gasteiger partial charge in [0.2, 0.25) is 0 Å². The van der Waals surface area contributed by atoms with Crippen LogP contribution < -0.4 is 0 Å². The van der Waals surface area contributed by atoms with Crippen LogP contribution in [0.25, 0.3) is 0 Å². The average Bonchev–Trinajstić information content (AvgIpc) is 3.45. The van der Waals surface area contributed by atoms with Gasteiger partial charge in [0.15, 0.2) is 6.10 Å². The molecule has 1 atom stereocenters. The van der Waals surface area contributed by atoms with Crippen molar-refractivity contribution >= 4 is 17.9 Å². The minimum atomic E-state index is -0.810. The average molecular weight is 1090 g/mol.